The van der Waals surface area contributed by atoms with Crippen molar-refractivity contribution in [3.63, 3.8) is 0 Å². The molecule has 6 heteroatoms. The van der Waals surface area contributed by atoms with Crippen molar-refractivity contribution in [1.29, 1.82) is 0 Å². The van der Waals surface area contributed by atoms with Crippen LogP contribution in [0.1, 0.15) is 19.5 Å². The summed E-state index contributed by atoms with van der Waals surface area (Å²) in [5.41, 5.74) is 10.9. The molecule has 0 saturated carbocycles. The van der Waals surface area contributed by atoms with Crippen molar-refractivity contribution in [3.05, 3.63) is 17.9 Å². The normalized spacial score (nSPS) is 16.3. The molecule has 0 bridgehead atoms. The van der Waals surface area contributed by atoms with Crippen LogP contribution in [-0.4, -0.2) is 55.7 Å². The summed E-state index contributed by atoms with van der Waals surface area (Å²) in [7, 11) is -1.44. The second-order valence-corrected chi connectivity index (χ2v) is 12.2. The van der Waals surface area contributed by atoms with Crippen LogP contribution in [0.25, 0.3) is 0 Å². The molecule has 0 aliphatic carbocycles. The average molecular weight is 331 g/mol. The minimum atomic E-state index is -1.44. The van der Waals surface area contributed by atoms with Crippen molar-refractivity contribution < 1.29 is 0 Å². The zero-order valence-electron chi connectivity index (χ0n) is 15.0. The molecule has 0 aromatic carbocycles. The van der Waals surface area contributed by atoms with Crippen LogP contribution < -0.4 is 10.6 Å². The van der Waals surface area contributed by atoms with Crippen LogP contribution >= 0.6 is 0 Å². The molecule has 125 valence electrons. The Hall–Kier alpha value is -1.58. The molecule has 1 aromatic heterocycles. The number of hydrogen-bond acceptors (Lipinski definition) is 5. The number of nitrogens with zero attached hydrogens (tertiary/aromatic N) is 4. The predicted molar refractivity (Wildman–Crippen MR) is 99.9 cm³/mol. The SMILES string of the molecule is C[C](C)CN1CCN(c2ncnc(C#C[Si](C)(C)C)c2N)CC1. The van der Waals surface area contributed by atoms with Crippen molar-refractivity contribution in [1.82, 2.24) is 14.9 Å². The Balaban J connectivity index is 2.11. The fraction of sp³-hybridized carbons (Fsp3) is 0.588. The largest absolute Gasteiger partial charge is 0.393 e. The van der Waals surface area contributed by atoms with Crippen molar-refractivity contribution >= 4 is 19.6 Å². The molecule has 1 saturated heterocycles. The van der Waals surface area contributed by atoms with E-state index in [1.54, 1.807) is 6.33 Å². The van der Waals surface area contributed by atoms with E-state index in [0.29, 0.717) is 11.4 Å². The van der Waals surface area contributed by atoms with Crippen LogP contribution in [0, 0.1) is 17.4 Å². The Morgan fingerprint density at radius 1 is 1.17 bits per heavy atom. The molecule has 0 spiro atoms. The quantitative estimate of drug-likeness (QED) is 0.679. The Morgan fingerprint density at radius 2 is 1.83 bits per heavy atom. The fourth-order valence-electron chi connectivity index (χ4n) is 2.55. The summed E-state index contributed by atoms with van der Waals surface area (Å²) >= 11 is 0. The Bertz CT molecular complexity index is 589. The van der Waals surface area contributed by atoms with E-state index in [2.05, 4.69) is 64.7 Å². The first-order valence-corrected chi connectivity index (χ1v) is 11.7. The number of aromatic nitrogens is 2. The molecule has 0 amide bonds. The van der Waals surface area contributed by atoms with Gasteiger partial charge in [0.2, 0.25) is 0 Å². The van der Waals surface area contributed by atoms with E-state index in [9.17, 15) is 0 Å². The van der Waals surface area contributed by atoms with Crippen LogP contribution in [0.15, 0.2) is 6.33 Å². The molecule has 2 N–H and O–H groups in total. The maximum atomic E-state index is 6.29. The lowest BCUT2D eigenvalue weighted by Crippen LogP contribution is -2.47. The fourth-order valence-corrected chi connectivity index (χ4v) is 3.04. The molecule has 1 fully saturated rings. The van der Waals surface area contributed by atoms with E-state index < -0.39 is 8.07 Å². The number of hydrogen-bond donors (Lipinski definition) is 1. The van der Waals surface area contributed by atoms with E-state index in [1.807, 2.05) is 0 Å². The third kappa shape index (κ3) is 5.22. The van der Waals surface area contributed by atoms with Gasteiger partial charge < -0.3 is 10.6 Å². The average Bonchev–Trinajstić information content (AvgIpc) is 2.46. The monoisotopic (exact) mass is 330 g/mol. The lowest BCUT2D eigenvalue weighted by Gasteiger charge is -2.36. The minimum Gasteiger partial charge on any atom is -0.393 e. The smallest absolute Gasteiger partial charge is 0.156 e. The number of piperazine rings is 1. The summed E-state index contributed by atoms with van der Waals surface area (Å²) < 4.78 is 0. The van der Waals surface area contributed by atoms with Gasteiger partial charge in [-0.25, -0.2) is 9.97 Å². The van der Waals surface area contributed by atoms with Gasteiger partial charge >= 0.3 is 0 Å². The number of rotatable bonds is 3. The summed E-state index contributed by atoms with van der Waals surface area (Å²) in [5.74, 6) is 5.44. The Morgan fingerprint density at radius 3 is 2.39 bits per heavy atom. The van der Waals surface area contributed by atoms with Gasteiger partial charge in [-0.15, -0.1) is 5.54 Å². The van der Waals surface area contributed by atoms with Gasteiger partial charge in [0.25, 0.3) is 0 Å². The zero-order chi connectivity index (χ0) is 17.0. The van der Waals surface area contributed by atoms with Crippen molar-refractivity contribution in [3.8, 4) is 11.5 Å². The number of nitrogen functional groups attached to an aromatic ring is 1. The first-order valence-electron chi connectivity index (χ1n) is 8.16. The molecular formula is C17H28N5Si. The molecular weight excluding hydrogens is 302 g/mol. The zero-order valence-corrected chi connectivity index (χ0v) is 16.0. The van der Waals surface area contributed by atoms with Crippen molar-refractivity contribution in [2.75, 3.05) is 43.4 Å². The van der Waals surface area contributed by atoms with Gasteiger partial charge in [-0.05, 0) is 5.92 Å². The van der Waals surface area contributed by atoms with Crippen LogP contribution in [0.2, 0.25) is 19.6 Å². The predicted octanol–water partition coefficient (Wildman–Crippen LogP) is 2.02. The summed E-state index contributed by atoms with van der Waals surface area (Å²) in [6.07, 6.45) is 1.58. The summed E-state index contributed by atoms with van der Waals surface area (Å²) in [4.78, 5) is 13.4. The molecule has 1 aliphatic heterocycles. The molecule has 1 aliphatic rings. The highest BCUT2D eigenvalue weighted by molar-refractivity contribution is 6.83. The third-order valence-electron chi connectivity index (χ3n) is 3.63. The first kappa shape index (κ1) is 17.8. The highest BCUT2D eigenvalue weighted by atomic mass is 28.3. The van der Waals surface area contributed by atoms with E-state index in [1.165, 1.54) is 5.92 Å². The molecule has 1 radical (unpaired) electrons. The second kappa shape index (κ2) is 7.32. The van der Waals surface area contributed by atoms with E-state index in [-0.39, 0.29) is 0 Å². The van der Waals surface area contributed by atoms with Crippen LogP contribution in [0.5, 0.6) is 0 Å². The van der Waals surface area contributed by atoms with Crippen LogP contribution in [-0.2, 0) is 0 Å². The lowest BCUT2D eigenvalue weighted by atomic mass is 10.2. The number of nitrogens with two attached hydrogens (primary N) is 1. The highest BCUT2D eigenvalue weighted by Gasteiger charge is 2.21. The molecule has 23 heavy (non-hydrogen) atoms. The standard InChI is InChI=1S/C17H28N5Si/c1-14(2)12-21-7-9-22(10-8-21)17-16(18)15(19-13-20-17)6-11-23(3,4)5/h13H,7-10,12,18H2,1-5H3. The molecule has 0 unspecified atom stereocenters. The van der Waals surface area contributed by atoms with Gasteiger partial charge in [-0.1, -0.05) is 39.4 Å². The van der Waals surface area contributed by atoms with E-state index in [4.69, 9.17) is 5.73 Å². The lowest BCUT2D eigenvalue weighted by molar-refractivity contribution is 0.267. The van der Waals surface area contributed by atoms with Gasteiger partial charge in [0, 0.05) is 32.7 Å². The molecule has 1 aromatic rings. The van der Waals surface area contributed by atoms with Gasteiger partial charge in [0.15, 0.2) is 5.82 Å². The van der Waals surface area contributed by atoms with E-state index in [0.717, 1.165) is 38.5 Å². The summed E-state index contributed by atoms with van der Waals surface area (Å²) in [6.45, 7) is 16.0. The molecule has 0 atom stereocenters. The molecule has 2 rings (SSSR count). The van der Waals surface area contributed by atoms with Crippen LogP contribution in [0.4, 0.5) is 11.5 Å². The summed E-state index contributed by atoms with van der Waals surface area (Å²) in [5, 5.41) is 0. The second-order valence-electron chi connectivity index (χ2n) is 7.43. The number of anilines is 2. The van der Waals surface area contributed by atoms with Gasteiger partial charge in [0.1, 0.15) is 25.8 Å². The van der Waals surface area contributed by atoms with Crippen molar-refractivity contribution in [2.45, 2.75) is 33.5 Å². The Labute approximate surface area is 141 Å². The molecule has 5 nitrogen and oxygen atoms in total. The maximum absolute atomic E-state index is 6.29. The van der Waals surface area contributed by atoms with E-state index >= 15 is 0 Å². The van der Waals surface area contributed by atoms with Gasteiger partial charge in [0.05, 0.1) is 0 Å². The highest BCUT2D eigenvalue weighted by Crippen LogP contribution is 2.23. The minimum absolute atomic E-state index is 0.616. The summed E-state index contributed by atoms with van der Waals surface area (Å²) in [6, 6.07) is 0. The topological polar surface area (TPSA) is 58.3 Å². The van der Waals surface area contributed by atoms with Gasteiger partial charge in [-0.3, -0.25) is 4.90 Å². The van der Waals surface area contributed by atoms with Gasteiger partial charge in [-0.2, -0.15) is 0 Å². The first-order chi connectivity index (χ1) is 10.8. The maximum Gasteiger partial charge on any atom is 0.156 e. The van der Waals surface area contributed by atoms with Crippen LogP contribution in [0.3, 0.4) is 0 Å². The third-order valence-corrected chi connectivity index (χ3v) is 4.51. The molecule has 2 heterocycles. The Kier molecular flexibility index (Phi) is 5.66. The van der Waals surface area contributed by atoms with Crippen molar-refractivity contribution in [2.24, 2.45) is 0 Å².